The number of carbonyl (C=O) groups excluding carboxylic acids is 1. The van der Waals surface area contributed by atoms with Crippen molar-refractivity contribution in [3.63, 3.8) is 0 Å². The minimum absolute atomic E-state index is 0.0565. The number of rotatable bonds is 5. The van der Waals surface area contributed by atoms with E-state index in [1.165, 1.54) is 16.0 Å². The molecular weight excluding hydrogens is 264 g/mol. The Bertz CT molecular complexity index is 567. The summed E-state index contributed by atoms with van der Waals surface area (Å²) in [7, 11) is 0. The summed E-state index contributed by atoms with van der Waals surface area (Å²) < 4.78 is 0. The molecule has 0 atom stereocenters. The van der Waals surface area contributed by atoms with Gasteiger partial charge < -0.3 is 0 Å². The van der Waals surface area contributed by atoms with E-state index < -0.39 is 0 Å². The monoisotopic (exact) mass is 284 g/mol. The van der Waals surface area contributed by atoms with Crippen molar-refractivity contribution in [2.45, 2.75) is 31.4 Å². The van der Waals surface area contributed by atoms with Crippen LogP contribution in [0.4, 0.5) is 0 Å². The molecule has 0 aromatic heterocycles. The van der Waals surface area contributed by atoms with Gasteiger partial charge in [0.15, 0.2) is 5.78 Å². The van der Waals surface area contributed by atoms with Crippen LogP contribution in [-0.4, -0.2) is 5.78 Å². The number of hydrogen-bond donors (Lipinski definition) is 0. The van der Waals surface area contributed by atoms with Crippen molar-refractivity contribution < 1.29 is 4.79 Å². The van der Waals surface area contributed by atoms with Crippen molar-refractivity contribution in [3.8, 4) is 0 Å². The summed E-state index contributed by atoms with van der Waals surface area (Å²) in [5, 5.41) is 0. The molecule has 0 spiro atoms. The Labute approximate surface area is 125 Å². The first-order chi connectivity index (χ1) is 9.56. The molecule has 0 amide bonds. The van der Waals surface area contributed by atoms with Gasteiger partial charge in [0, 0.05) is 22.1 Å². The fourth-order valence-electron chi connectivity index (χ4n) is 1.90. The summed E-state index contributed by atoms with van der Waals surface area (Å²) in [6, 6.07) is 16.5. The highest BCUT2D eigenvalue weighted by molar-refractivity contribution is 7.98. The van der Waals surface area contributed by atoms with E-state index in [1.807, 2.05) is 38.1 Å². The van der Waals surface area contributed by atoms with E-state index in [0.29, 0.717) is 0 Å². The molecule has 0 unspecified atom stereocenters. The summed E-state index contributed by atoms with van der Waals surface area (Å²) in [4.78, 5) is 13.1. The van der Waals surface area contributed by atoms with Gasteiger partial charge in [0.2, 0.25) is 0 Å². The number of Topliss-reactive ketones (excluding diaryl/α,β-unsaturated/α-hetero) is 1. The van der Waals surface area contributed by atoms with E-state index in [-0.39, 0.29) is 11.7 Å². The van der Waals surface area contributed by atoms with Crippen LogP contribution in [0.5, 0.6) is 0 Å². The van der Waals surface area contributed by atoms with E-state index >= 15 is 0 Å². The molecule has 0 radical (unpaired) electrons. The molecule has 0 saturated heterocycles. The third-order valence-electron chi connectivity index (χ3n) is 3.19. The second-order valence-electron chi connectivity index (χ2n) is 5.32. The second-order valence-corrected chi connectivity index (χ2v) is 6.37. The SMILES string of the molecule is Cc1ccc(CSc2ccc(C(=O)C(C)C)cc2)cc1. The largest absolute Gasteiger partial charge is 0.294 e. The highest BCUT2D eigenvalue weighted by Gasteiger charge is 2.09. The van der Waals surface area contributed by atoms with Crippen molar-refractivity contribution in [2.24, 2.45) is 5.92 Å². The molecule has 0 heterocycles. The van der Waals surface area contributed by atoms with Crippen molar-refractivity contribution in [2.75, 3.05) is 0 Å². The molecule has 1 nitrogen and oxygen atoms in total. The number of ketones is 1. The third kappa shape index (κ3) is 3.97. The standard InChI is InChI=1S/C18H20OS/c1-13(2)18(19)16-8-10-17(11-9-16)20-12-15-6-4-14(3)5-7-15/h4-11,13H,12H2,1-3H3. The minimum Gasteiger partial charge on any atom is -0.294 e. The van der Waals surface area contributed by atoms with Crippen LogP contribution >= 0.6 is 11.8 Å². The van der Waals surface area contributed by atoms with Crippen LogP contribution in [0.25, 0.3) is 0 Å². The molecule has 20 heavy (non-hydrogen) atoms. The normalized spacial score (nSPS) is 10.8. The first-order valence-electron chi connectivity index (χ1n) is 6.89. The van der Waals surface area contributed by atoms with Crippen LogP contribution in [0.2, 0.25) is 0 Å². The smallest absolute Gasteiger partial charge is 0.165 e. The molecule has 0 N–H and O–H groups in total. The summed E-state index contributed by atoms with van der Waals surface area (Å²) in [6.07, 6.45) is 0. The van der Waals surface area contributed by atoms with E-state index in [9.17, 15) is 4.79 Å². The fourth-order valence-corrected chi connectivity index (χ4v) is 2.75. The molecule has 0 bridgehead atoms. The van der Waals surface area contributed by atoms with Crippen molar-refractivity contribution in [1.29, 1.82) is 0 Å². The summed E-state index contributed by atoms with van der Waals surface area (Å²) in [6.45, 7) is 5.96. The zero-order valence-corrected chi connectivity index (χ0v) is 13.0. The first kappa shape index (κ1) is 14.9. The first-order valence-corrected chi connectivity index (χ1v) is 7.87. The van der Waals surface area contributed by atoms with Crippen LogP contribution < -0.4 is 0 Å². The van der Waals surface area contributed by atoms with Gasteiger partial charge >= 0.3 is 0 Å². The lowest BCUT2D eigenvalue weighted by molar-refractivity contribution is 0.0939. The minimum atomic E-state index is 0.0565. The zero-order valence-electron chi connectivity index (χ0n) is 12.2. The molecule has 0 fully saturated rings. The Hall–Kier alpha value is -1.54. The maximum absolute atomic E-state index is 11.9. The average Bonchev–Trinajstić information content (AvgIpc) is 2.46. The van der Waals surface area contributed by atoms with E-state index in [4.69, 9.17) is 0 Å². The highest BCUT2D eigenvalue weighted by Crippen LogP contribution is 2.23. The predicted molar refractivity (Wildman–Crippen MR) is 86.4 cm³/mol. The van der Waals surface area contributed by atoms with E-state index in [2.05, 4.69) is 31.2 Å². The van der Waals surface area contributed by atoms with Crippen LogP contribution in [0.1, 0.15) is 35.3 Å². The van der Waals surface area contributed by atoms with Gasteiger partial charge in [0.1, 0.15) is 0 Å². The Morgan fingerprint density at radius 2 is 1.60 bits per heavy atom. The molecule has 0 aliphatic carbocycles. The van der Waals surface area contributed by atoms with Crippen molar-refractivity contribution >= 4 is 17.5 Å². The quantitative estimate of drug-likeness (QED) is 0.559. The lowest BCUT2D eigenvalue weighted by Crippen LogP contribution is -2.06. The van der Waals surface area contributed by atoms with E-state index in [0.717, 1.165) is 11.3 Å². The van der Waals surface area contributed by atoms with Gasteiger partial charge in [0.25, 0.3) is 0 Å². The van der Waals surface area contributed by atoms with Crippen LogP contribution in [0, 0.1) is 12.8 Å². The third-order valence-corrected chi connectivity index (χ3v) is 4.27. The lowest BCUT2D eigenvalue weighted by atomic mass is 10.0. The maximum atomic E-state index is 11.9. The topological polar surface area (TPSA) is 17.1 Å². The number of benzene rings is 2. The molecule has 104 valence electrons. The molecule has 0 saturated carbocycles. The van der Waals surface area contributed by atoms with Gasteiger partial charge in [-0.15, -0.1) is 11.8 Å². The number of hydrogen-bond acceptors (Lipinski definition) is 2. The second kappa shape index (κ2) is 6.76. The molecule has 0 aliphatic rings. The molecule has 0 aliphatic heterocycles. The molecule has 2 aromatic carbocycles. The van der Waals surface area contributed by atoms with Crippen LogP contribution in [0.3, 0.4) is 0 Å². The Balaban J connectivity index is 1.97. The zero-order chi connectivity index (χ0) is 14.5. The van der Waals surface area contributed by atoms with Gasteiger partial charge in [-0.25, -0.2) is 0 Å². The molecule has 2 rings (SSSR count). The van der Waals surface area contributed by atoms with Gasteiger partial charge in [-0.1, -0.05) is 55.8 Å². The molecule has 2 aromatic rings. The number of aryl methyl sites for hydroxylation is 1. The van der Waals surface area contributed by atoms with Gasteiger partial charge in [-0.2, -0.15) is 0 Å². The fraction of sp³-hybridized carbons (Fsp3) is 0.278. The van der Waals surface area contributed by atoms with Crippen LogP contribution in [0.15, 0.2) is 53.4 Å². The van der Waals surface area contributed by atoms with Gasteiger partial charge in [0.05, 0.1) is 0 Å². The van der Waals surface area contributed by atoms with Crippen molar-refractivity contribution in [1.82, 2.24) is 0 Å². The Kier molecular flexibility index (Phi) is 5.02. The Morgan fingerprint density at radius 3 is 2.15 bits per heavy atom. The average molecular weight is 284 g/mol. The molecular formula is C18H20OS. The Morgan fingerprint density at radius 1 is 1.00 bits per heavy atom. The lowest BCUT2D eigenvalue weighted by Gasteiger charge is -2.06. The number of thioether (sulfide) groups is 1. The predicted octanol–water partition coefficient (Wildman–Crippen LogP) is 5.13. The van der Waals surface area contributed by atoms with Gasteiger partial charge in [-0.3, -0.25) is 4.79 Å². The maximum Gasteiger partial charge on any atom is 0.165 e. The molecule has 2 heteroatoms. The van der Waals surface area contributed by atoms with Crippen LogP contribution in [-0.2, 0) is 5.75 Å². The summed E-state index contributed by atoms with van der Waals surface area (Å²) in [5.74, 6) is 1.22. The number of carbonyl (C=O) groups is 1. The summed E-state index contributed by atoms with van der Waals surface area (Å²) in [5.41, 5.74) is 3.41. The van der Waals surface area contributed by atoms with Crippen molar-refractivity contribution in [3.05, 3.63) is 65.2 Å². The van der Waals surface area contributed by atoms with E-state index in [1.54, 1.807) is 11.8 Å². The van der Waals surface area contributed by atoms with Gasteiger partial charge in [-0.05, 0) is 24.6 Å². The summed E-state index contributed by atoms with van der Waals surface area (Å²) >= 11 is 1.80. The highest BCUT2D eigenvalue weighted by atomic mass is 32.2.